The summed E-state index contributed by atoms with van der Waals surface area (Å²) in [6.07, 6.45) is 1.95. The number of likely N-dealkylation sites (tertiary alicyclic amines) is 1. The van der Waals surface area contributed by atoms with Crippen LogP contribution < -0.4 is 11.3 Å². The van der Waals surface area contributed by atoms with Crippen LogP contribution in [0.15, 0.2) is 16.7 Å². The highest BCUT2D eigenvalue weighted by molar-refractivity contribution is 5.94. The zero-order chi connectivity index (χ0) is 11.5. The Kier molecular flexibility index (Phi) is 3.23. The summed E-state index contributed by atoms with van der Waals surface area (Å²) in [6.45, 7) is 1.95. The second kappa shape index (κ2) is 4.65. The van der Waals surface area contributed by atoms with Crippen molar-refractivity contribution in [3.8, 4) is 0 Å². The van der Waals surface area contributed by atoms with Crippen LogP contribution in [0.5, 0.6) is 0 Å². The first kappa shape index (κ1) is 11.1. The Morgan fingerprint density at radius 1 is 1.75 bits per heavy atom. The lowest BCUT2D eigenvalue weighted by atomic mass is 10.2. The number of aliphatic hydroxyl groups excluding tert-OH is 1. The molecule has 0 spiro atoms. The molecule has 0 saturated carbocycles. The third-order valence-electron chi connectivity index (χ3n) is 2.74. The van der Waals surface area contributed by atoms with Crippen molar-refractivity contribution in [2.24, 2.45) is 5.84 Å². The molecule has 1 unspecified atom stereocenters. The van der Waals surface area contributed by atoms with Crippen molar-refractivity contribution in [3.05, 3.63) is 23.7 Å². The quantitative estimate of drug-likeness (QED) is 0.365. The van der Waals surface area contributed by atoms with Crippen molar-refractivity contribution in [2.45, 2.75) is 19.1 Å². The molecule has 1 aromatic heterocycles. The molecule has 6 heteroatoms. The van der Waals surface area contributed by atoms with Gasteiger partial charge in [-0.05, 0) is 12.5 Å². The molecule has 0 aromatic carbocycles. The number of nitrogen functional groups attached to an aromatic ring is 1. The van der Waals surface area contributed by atoms with E-state index in [2.05, 4.69) is 5.43 Å². The van der Waals surface area contributed by atoms with Gasteiger partial charge in [0.1, 0.15) is 5.76 Å². The molecular weight excluding hydrogens is 210 g/mol. The Hall–Kier alpha value is -1.37. The van der Waals surface area contributed by atoms with Gasteiger partial charge in [-0.1, -0.05) is 0 Å². The fraction of sp³-hybridized carbons (Fsp3) is 0.500. The number of amides is 1. The van der Waals surface area contributed by atoms with E-state index < -0.39 is 0 Å². The first-order chi connectivity index (χ1) is 7.70. The Morgan fingerprint density at radius 3 is 3.19 bits per heavy atom. The van der Waals surface area contributed by atoms with Crippen molar-refractivity contribution >= 4 is 5.91 Å². The number of hydrazine groups is 1. The van der Waals surface area contributed by atoms with E-state index in [1.54, 1.807) is 6.07 Å². The largest absolute Gasteiger partial charge is 0.467 e. The van der Waals surface area contributed by atoms with Crippen molar-refractivity contribution in [2.75, 3.05) is 13.1 Å². The summed E-state index contributed by atoms with van der Waals surface area (Å²) in [5.74, 6) is 5.29. The van der Waals surface area contributed by atoms with Crippen molar-refractivity contribution in [1.82, 2.24) is 10.3 Å². The van der Waals surface area contributed by atoms with Gasteiger partial charge in [0.05, 0.1) is 24.5 Å². The van der Waals surface area contributed by atoms with Gasteiger partial charge < -0.3 is 9.52 Å². The summed E-state index contributed by atoms with van der Waals surface area (Å²) < 4.78 is 5.25. The van der Waals surface area contributed by atoms with Crippen LogP contribution in [0.4, 0.5) is 0 Å². The highest BCUT2D eigenvalue weighted by Gasteiger charge is 2.23. The molecule has 2 heterocycles. The predicted molar refractivity (Wildman–Crippen MR) is 56.3 cm³/mol. The Balaban J connectivity index is 2.04. The zero-order valence-corrected chi connectivity index (χ0v) is 8.85. The molecule has 1 fully saturated rings. The molecule has 0 radical (unpaired) electrons. The molecule has 0 aliphatic carbocycles. The fourth-order valence-corrected chi connectivity index (χ4v) is 1.90. The second-order valence-corrected chi connectivity index (χ2v) is 3.91. The van der Waals surface area contributed by atoms with Crippen LogP contribution in [0.25, 0.3) is 0 Å². The smallest absolute Gasteiger partial charge is 0.268 e. The van der Waals surface area contributed by atoms with Crippen LogP contribution in [0.3, 0.4) is 0 Å². The first-order valence-electron chi connectivity index (χ1n) is 5.18. The van der Waals surface area contributed by atoms with Crippen LogP contribution in [0.2, 0.25) is 0 Å². The summed E-state index contributed by atoms with van der Waals surface area (Å²) in [5.41, 5.74) is 2.52. The number of β-amino-alcohol motifs (C(OH)–C–C–N with tert-alkyl or cyclic N) is 1. The summed E-state index contributed by atoms with van der Waals surface area (Å²) in [6, 6.07) is 1.59. The number of nitrogens with one attached hydrogen (secondary N) is 1. The number of aliphatic hydroxyl groups is 1. The first-order valence-corrected chi connectivity index (χ1v) is 5.18. The van der Waals surface area contributed by atoms with E-state index in [1.807, 2.05) is 4.90 Å². The third-order valence-corrected chi connectivity index (χ3v) is 2.74. The lowest BCUT2D eigenvalue weighted by Crippen LogP contribution is -2.31. The summed E-state index contributed by atoms with van der Waals surface area (Å²) in [7, 11) is 0. The standard InChI is InChI=1S/C10H15N3O3/c11-12-10(15)8-2-4-16-9(8)6-13-3-1-7(14)5-13/h2,4,7,14H,1,3,5-6,11H2,(H,12,15). The van der Waals surface area contributed by atoms with Crippen LogP contribution >= 0.6 is 0 Å². The second-order valence-electron chi connectivity index (χ2n) is 3.91. The molecule has 1 aromatic rings. The molecule has 1 aliphatic rings. The van der Waals surface area contributed by atoms with Gasteiger partial charge in [0.2, 0.25) is 0 Å². The summed E-state index contributed by atoms with van der Waals surface area (Å²) in [4.78, 5) is 13.4. The van der Waals surface area contributed by atoms with Gasteiger partial charge in [-0.2, -0.15) is 0 Å². The molecule has 16 heavy (non-hydrogen) atoms. The molecule has 2 rings (SSSR count). The summed E-state index contributed by atoms with van der Waals surface area (Å²) >= 11 is 0. The topological polar surface area (TPSA) is 91.7 Å². The zero-order valence-electron chi connectivity index (χ0n) is 8.85. The minimum absolute atomic E-state index is 0.276. The van der Waals surface area contributed by atoms with Gasteiger partial charge in [0.25, 0.3) is 5.91 Å². The highest BCUT2D eigenvalue weighted by Crippen LogP contribution is 2.17. The highest BCUT2D eigenvalue weighted by atomic mass is 16.3. The average Bonchev–Trinajstić information content (AvgIpc) is 2.87. The minimum atomic E-state index is -0.358. The van der Waals surface area contributed by atoms with Gasteiger partial charge in [0.15, 0.2) is 0 Å². The predicted octanol–water partition coefficient (Wildman–Crippen LogP) is -0.550. The SMILES string of the molecule is NNC(=O)c1ccoc1CN1CCC(O)C1. The maximum Gasteiger partial charge on any atom is 0.268 e. The van der Waals surface area contributed by atoms with Crippen LogP contribution in [0.1, 0.15) is 22.5 Å². The lowest BCUT2D eigenvalue weighted by molar-refractivity contribution is 0.0950. The van der Waals surface area contributed by atoms with E-state index in [0.29, 0.717) is 24.4 Å². The van der Waals surface area contributed by atoms with Crippen LogP contribution in [0, 0.1) is 0 Å². The van der Waals surface area contributed by atoms with Crippen LogP contribution in [-0.2, 0) is 6.54 Å². The number of furan rings is 1. The molecule has 1 atom stereocenters. The lowest BCUT2D eigenvalue weighted by Gasteiger charge is -2.13. The molecule has 0 bridgehead atoms. The normalized spacial score (nSPS) is 21.2. The maximum atomic E-state index is 11.4. The Bertz CT molecular complexity index is 377. The van der Waals surface area contributed by atoms with E-state index in [-0.39, 0.29) is 12.0 Å². The van der Waals surface area contributed by atoms with Gasteiger partial charge in [-0.15, -0.1) is 0 Å². The number of hydrogen-bond donors (Lipinski definition) is 3. The number of carbonyl (C=O) groups excluding carboxylic acids is 1. The molecule has 1 saturated heterocycles. The van der Waals surface area contributed by atoms with Crippen molar-refractivity contribution in [1.29, 1.82) is 0 Å². The number of nitrogens with two attached hydrogens (primary N) is 1. The molecule has 6 nitrogen and oxygen atoms in total. The van der Waals surface area contributed by atoms with E-state index in [1.165, 1.54) is 6.26 Å². The van der Waals surface area contributed by atoms with Gasteiger partial charge in [-0.3, -0.25) is 15.1 Å². The monoisotopic (exact) mass is 225 g/mol. The molecular formula is C10H15N3O3. The van der Waals surface area contributed by atoms with Gasteiger partial charge >= 0.3 is 0 Å². The van der Waals surface area contributed by atoms with E-state index in [9.17, 15) is 9.90 Å². The number of hydrogen-bond acceptors (Lipinski definition) is 5. The Labute approximate surface area is 93.0 Å². The maximum absolute atomic E-state index is 11.4. The van der Waals surface area contributed by atoms with E-state index >= 15 is 0 Å². The van der Waals surface area contributed by atoms with Crippen molar-refractivity contribution < 1.29 is 14.3 Å². The van der Waals surface area contributed by atoms with Crippen LogP contribution in [-0.4, -0.2) is 35.1 Å². The van der Waals surface area contributed by atoms with E-state index in [4.69, 9.17) is 10.3 Å². The van der Waals surface area contributed by atoms with Crippen molar-refractivity contribution in [3.63, 3.8) is 0 Å². The summed E-state index contributed by atoms with van der Waals surface area (Å²) in [5, 5.41) is 9.38. The van der Waals surface area contributed by atoms with Gasteiger partial charge in [0, 0.05) is 13.1 Å². The Morgan fingerprint density at radius 2 is 2.56 bits per heavy atom. The number of rotatable bonds is 3. The van der Waals surface area contributed by atoms with Gasteiger partial charge in [-0.25, -0.2) is 5.84 Å². The molecule has 4 N–H and O–H groups in total. The fourth-order valence-electron chi connectivity index (χ4n) is 1.90. The molecule has 1 aliphatic heterocycles. The number of nitrogens with zero attached hydrogens (tertiary/aromatic N) is 1. The molecule has 88 valence electrons. The average molecular weight is 225 g/mol. The number of carbonyl (C=O) groups is 1. The van der Waals surface area contributed by atoms with E-state index in [0.717, 1.165) is 13.0 Å². The molecule has 1 amide bonds. The third kappa shape index (κ3) is 2.24. The minimum Gasteiger partial charge on any atom is -0.467 e.